The molecule has 1 rings (SSSR count). The summed E-state index contributed by atoms with van der Waals surface area (Å²) >= 11 is 1.50. The van der Waals surface area contributed by atoms with E-state index in [0.717, 1.165) is 5.01 Å². The lowest BCUT2D eigenvalue weighted by atomic mass is 10.2. The molecule has 0 saturated heterocycles. The molecule has 17 heavy (non-hydrogen) atoms. The number of carbonyl (C=O) groups is 2. The number of rotatable bonds is 6. The number of amides is 1. The van der Waals surface area contributed by atoms with Crippen molar-refractivity contribution in [2.45, 2.75) is 32.7 Å². The Kier molecular flexibility index (Phi) is 5.09. The molecule has 1 aromatic heterocycles. The summed E-state index contributed by atoms with van der Waals surface area (Å²) in [4.78, 5) is 28.0. The summed E-state index contributed by atoms with van der Waals surface area (Å²) in [7, 11) is 0. The van der Waals surface area contributed by atoms with Crippen LogP contribution in [-0.2, 0) is 16.0 Å². The molecule has 0 aliphatic heterocycles. The smallest absolute Gasteiger partial charge is 0.323 e. The molecule has 0 spiro atoms. The van der Waals surface area contributed by atoms with Crippen LogP contribution < -0.4 is 0 Å². The molecule has 0 aromatic carbocycles. The number of carbonyl (C=O) groups excluding carboxylic acids is 1. The second-order valence-electron chi connectivity index (χ2n) is 3.93. The second kappa shape index (κ2) is 6.34. The van der Waals surface area contributed by atoms with Crippen LogP contribution >= 0.6 is 11.3 Å². The van der Waals surface area contributed by atoms with E-state index >= 15 is 0 Å². The summed E-state index contributed by atoms with van der Waals surface area (Å²) in [5, 5.41) is 11.5. The summed E-state index contributed by atoms with van der Waals surface area (Å²) in [5.74, 6) is -1.13. The Hall–Kier alpha value is -1.43. The van der Waals surface area contributed by atoms with E-state index < -0.39 is 5.97 Å². The van der Waals surface area contributed by atoms with E-state index in [1.165, 1.54) is 16.2 Å². The minimum absolute atomic E-state index is 0.102. The molecule has 1 N–H and O–H groups in total. The first-order valence-electron chi connectivity index (χ1n) is 5.40. The fraction of sp³-hybridized carbons (Fsp3) is 0.545. The first kappa shape index (κ1) is 13.6. The molecule has 1 heterocycles. The number of carboxylic acid groups (broad SMARTS) is 1. The predicted molar refractivity (Wildman–Crippen MR) is 64.9 cm³/mol. The van der Waals surface area contributed by atoms with Crippen LogP contribution in [0, 0.1) is 0 Å². The Morgan fingerprint density at radius 3 is 2.71 bits per heavy atom. The van der Waals surface area contributed by atoms with Crippen LogP contribution in [0.25, 0.3) is 0 Å². The fourth-order valence-corrected chi connectivity index (χ4v) is 2.06. The van der Waals surface area contributed by atoms with Crippen molar-refractivity contribution in [1.29, 1.82) is 0 Å². The van der Waals surface area contributed by atoms with Crippen molar-refractivity contribution < 1.29 is 14.7 Å². The van der Waals surface area contributed by atoms with Gasteiger partial charge in [0.15, 0.2) is 0 Å². The van der Waals surface area contributed by atoms with Gasteiger partial charge in [0.05, 0.1) is 5.01 Å². The van der Waals surface area contributed by atoms with Crippen molar-refractivity contribution in [3.63, 3.8) is 0 Å². The normalized spacial score (nSPS) is 10.5. The average molecular weight is 256 g/mol. The molecule has 0 saturated carbocycles. The second-order valence-corrected chi connectivity index (χ2v) is 4.91. The van der Waals surface area contributed by atoms with Crippen molar-refractivity contribution in [2.24, 2.45) is 0 Å². The molecule has 0 bridgehead atoms. The van der Waals surface area contributed by atoms with E-state index in [9.17, 15) is 9.59 Å². The lowest BCUT2D eigenvalue weighted by Crippen LogP contribution is -2.40. The van der Waals surface area contributed by atoms with E-state index in [2.05, 4.69) is 4.98 Å². The number of aliphatic carboxylic acids is 1. The van der Waals surface area contributed by atoms with Gasteiger partial charge in [0, 0.05) is 30.5 Å². The van der Waals surface area contributed by atoms with Gasteiger partial charge in [-0.1, -0.05) is 0 Å². The minimum Gasteiger partial charge on any atom is -0.480 e. The Balaban J connectivity index is 2.50. The van der Waals surface area contributed by atoms with Crippen LogP contribution in [0.15, 0.2) is 11.6 Å². The number of aromatic nitrogens is 1. The van der Waals surface area contributed by atoms with E-state index in [1.54, 1.807) is 6.20 Å². The predicted octanol–water partition coefficient (Wildman–Crippen LogP) is 1.40. The summed E-state index contributed by atoms with van der Waals surface area (Å²) in [6.07, 6.45) is 2.57. The number of thiazole rings is 1. The van der Waals surface area contributed by atoms with Gasteiger partial charge in [-0.15, -0.1) is 11.3 Å². The number of carboxylic acids is 1. The first-order valence-corrected chi connectivity index (χ1v) is 6.28. The largest absolute Gasteiger partial charge is 0.480 e. The van der Waals surface area contributed by atoms with Crippen LogP contribution in [-0.4, -0.2) is 39.5 Å². The average Bonchev–Trinajstić information content (AvgIpc) is 2.74. The summed E-state index contributed by atoms with van der Waals surface area (Å²) in [5.41, 5.74) is 0. The highest BCUT2D eigenvalue weighted by molar-refractivity contribution is 7.09. The maximum atomic E-state index is 11.9. The van der Waals surface area contributed by atoms with Gasteiger partial charge in [-0.2, -0.15) is 0 Å². The van der Waals surface area contributed by atoms with Crippen LogP contribution in [0.1, 0.15) is 25.3 Å². The highest BCUT2D eigenvalue weighted by atomic mass is 32.1. The lowest BCUT2D eigenvalue weighted by Gasteiger charge is -2.24. The van der Waals surface area contributed by atoms with Crippen LogP contribution in [0.2, 0.25) is 0 Å². The zero-order valence-corrected chi connectivity index (χ0v) is 10.7. The topological polar surface area (TPSA) is 70.5 Å². The quantitative estimate of drug-likeness (QED) is 0.835. The number of hydrogen-bond donors (Lipinski definition) is 1. The molecule has 1 amide bonds. The highest BCUT2D eigenvalue weighted by Gasteiger charge is 2.19. The molecule has 0 aliphatic carbocycles. The van der Waals surface area contributed by atoms with Crippen molar-refractivity contribution in [3.05, 3.63) is 16.6 Å². The van der Waals surface area contributed by atoms with E-state index in [0.29, 0.717) is 12.8 Å². The number of nitrogens with zero attached hydrogens (tertiary/aromatic N) is 2. The van der Waals surface area contributed by atoms with Gasteiger partial charge in [0.1, 0.15) is 6.54 Å². The van der Waals surface area contributed by atoms with Gasteiger partial charge in [-0.05, 0) is 13.8 Å². The third kappa shape index (κ3) is 4.52. The van der Waals surface area contributed by atoms with Gasteiger partial charge < -0.3 is 10.0 Å². The standard InChI is InChI=1S/C11H16N2O3S/c1-8(2)13(7-11(15)16)10(14)4-3-9-12-5-6-17-9/h5-6,8H,3-4,7H2,1-2H3,(H,15,16). The molecule has 5 nitrogen and oxygen atoms in total. The zero-order chi connectivity index (χ0) is 12.8. The Morgan fingerprint density at radius 2 is 2.24 bits per heavy atom. The highest BCUT2D eigenvalue weighted by Crippen LogP contribution is 2.09. The summed E-state index contributed by atoms with van der Waals surface area (Å²) < 4.78 is 0. The zero-order valence-electron chi connectivity index (χ0n) is 9.92. The third-order valence-electron chi connectivity index (χ3n) is 2.29. The molecular formula is C11H16N2O3S. The van der Waals surface area contributed by atoms with Gasteiger partial charge in [0.2, 0.25) is 5.91 Å². The molecule has 0 atom stereocenters. The third-order valence-corrected chi connectivity index (χ3v) is 3.12. The number of hydrogen-bond acceptors (Lipinski definition) is 4. The van der Waals surface area contributed by atoms with Crippen LogP contribution in [0.3, 0.4) is 0 Å². The molecule has 0 radical (unpaired) electrons. The molecule has 0 unspecified atom stereocenters. The van der Waals surface area contributed by atoms with Crippen LogP contribution in [0.4, 0.5) is 0 Å². The maximum absolute atomic E-state index is 11.9. The first-order chi connectivity index (χ1) is 8.00. The van der Waals surface area contributed by atoms with E-state index in [-0.39, 0.29) is 18.5 Å². The minimum atomic E-state index is -0.985. The number of aryl methyl sites for hydroxylation is 1. The SMILES string of the molecule is CC(C)N(CC(=O)O)C(=O)CCc1nccs1. The Bertz CT molecular complexity index is 376. The molecule has 0 fully saturated rings. The van der Waals surface area contributed by atoms with Crippen molar-refractivity contribution in [1.82, 2.24) is 9.88 Å². The Morgan fingerprint density at radius 1 is 1.53 bits per heavy atom. The monoisotopic (exact) mass is 256 g/mol. The summed E-state index contributed by atoms with van der Waals surface area (Å²) in [6.45, 7) is 3.38. The van der Waals surface area contributed by atoms with Crippen molar-refractivity contribution >= 4 is 23.2 Å². The molecule has 0 aliphatic rings. The maximum Gasteiger partial charge on any atom is 0.323 e. The molecule has 1 aromatic rings. The van der Waals surface area contributed by atoms with Crippen LogP contribution in [0.5, 0.6) is 0 Å². The van der Waals surface area contributed by atoms with Gasteiger partial charge in [-0.25, -0.2) is 4.98 Å². The van der Waals surface area contributed by atoms with E-state index in [1.807, 2.05) is 19.2 Å². The van der Waals surface area contributed by atoms with Gasteiger partial charge in [-0.3, -0.25) is 9.59 Å². The van der Waals surface area contributed by atoms with Gasteiger partial charge in [0.25, 0.3) is 0 Å². The molecule has 6 heteroatoms. The van der Waals surface area contributed by atoms with Crippen molar-refractivity contribution in [2.75, 3.05) is 6.54 Å². The van der Waals surface area contributed by atoms with Crippen molar-refractivity contribution in [3.8, 4) is 0 Å². The Labute approximate surface area is 104 Å². The van der Waals surface area contributed by atoms with E-state index in [4.69, 9.17) is 5.11 Å². The van der Waals surface area contributed by atoms with Gasteiger partial charge >= 0.3 is 5.97 Å². The lowest BCUT2D eigenvalue weighted by molar-refractivity contribution is -0.145. The molecule has 94 valence electrons. The summed E-state index contributed by atoms with van der Waals surface area (Å²) in [6, 6.07) is -0.102. The molecular weight excluding hydrogens is 240 g/mol. The fourth-order valence-electron chi connectivity index (χ4n) is 1.44.